The summed E-state index contributed by atoms with van der Waals surface area (Å²) in [6.07, 6.45) is 0.562. The van der Waals surface area contributed by atoms with E-state index in [0.717, 1.165) is 11.3 Å². The highest BCUT2D eigenvalue weighted by atomic mass is 32.2. The Bertz CT molecular complexity index is 507. The van der Waals surface area contributed by atoms with E-state index >= 15 is 0 Å². The van der Waals surface area contributed by atoms with Crippen LogP contribution in [0.1, 0.15) is 34.5 Å². The predicted molar refractivity (Wildman–Crippen MR) is 82.7 cm³/mol. The summed E-state index contributed by atoms with van der Waals surface area (Å²) in [7, 11) is 0. The number of carbonyl (C=O) groups is 1. The fourth-order valence-electron chi connectivity index (χ4n) is 2.05. The first-order valence-electron chi connectivity index (χ1n) is 6.56. The molecule has 98 valence electrons. The molecule has 0 amide bonds. The van der Waals surface area contributed by atoms with Crippen LogP contribution in [-0.2, 0) is 0 Å². The van der Waals surface area contributed by atoms with Gasteiger partial charge in [0.1, 0.15) is 0 Å². The van der Waals surface area contributed by atoms with Crippen LogP contribution in [-0.4, -0.2) is 11.5 Å². The number of Topliss-reactive ketones (excluding diaryl/α,β-unsaturated/α-hetero) is 1. The minimum absolute atomic E-state index is 0.218. The summed E-state index contributed by atoms with van der Waals surface area (Å²) in [5.74, 6) is 1.23. The minimum atomic E-state index is 0.218. The Balaban J connectivity index is 2.11. The molecule has 0 aliphatic rings. The number of carbonyl (C=O) groups excluding carboxylic acids is 1. The van der Waals surface area contributed by atoms with Crippen LogP contribution >= 0.6 is 11.8 Å². The van der Waals surface area contributed by atoms with Crippen molar-refractivity contribution < 1.29 is 4.79 Å². The summed E-state index contributed by atoms with van der Waals surface area (Å²) in [6.45, 7) is 2.13. The molecule has 1 unspecified atom stereocenters. The van der Waals surface area contributed by atoms with Crippen molar-refractivity contribution in [3.63, 3.8) is 0 Å². The predicted octanol–water partition coefficient (Wildman–Crippen LogP) is 4.75. The van der Waals surface area contributed by atoms with Crippen LogP contribution in [0.2, 0.25) is 0 Å². The van der Waals surface area contributed by atoms with Gasteiger partial charge in [-0.1, -0.05) is 67.6 Å². The van der Waals surface area contributed by atoms with Crippen molar-refractivity contribution >= 4 is 17.5 Å². The van der Waals surface area contributed by atoms with Gasteiger partial charge in [-0.05, 0) is 11.3 Å². The van der Waals surface area contributed by atoms with Crippen molar-refractivity contribution in [2.24, 2.45) is 0 Å². The van der Waals surface area contributed by atoms with Crippen LogP contribution in [0.15, 0.2) is 60.7 Å². The third kappa shape index (κ3) is 3.97. The van der Waals surface area contributed by atoms with Gasteiger partial charge in [-0.3, -0.25) is 4.79 Å². The van der Waals surface area contributed by atoms with E-state index in [0.29, 0.717) is 6.42 Å². The quantitative estimate of drug-likeness (QED) is 0.704. The lowest BCUT2D eigenvalue weighted by molar-refractivity contribution is 0.0982. The van der Waals surface area contributed by atoms with Gasteiger partial charge in [0.05, 0.1) is 0 Å². The molecule has 0 N–H and O–H groups in total. The average Bonchev–Trinajstić information content (AvgIpc) is 2.48. The van der Waals surface area contributed by atoms with E-state index in [9.17, 15) is 4.79 Å². The van der Waals surface area contributed by atoms with Crippen molar-refractivity contribution in [3.05, 3.63) is 71.8 Å². The Hall–Kier alpha value is -1.54. The van der Waals surface area contributed by atoms with Crippen molar-refractivity contribution in [1.82, 2.24) is 0 Å². The van der Waals surface area contributed by atoms with Gasteiger partial charge in [0.25, 0.3) is 0 Å². The van der Waals surface area contributed by atoms with Crippen LogP contribution in [0.25, 0.3) is 0 Å². The third-order valence-corrected chi connectivity index (χ3v) is 4.18. The molecule has 1 atom stereocenters. The van der Waals surface area contributed by atoms with Gasteiger partial charge in [-0.25, -0.2) is 0 Å². The fraction of sp³-hybridized carbons (Fsp3) is 0.235. The maximum Gasteiger partial charge on any atom is 0.164 e. The monoisotopic (exact) mass is 270 g/mol. The van der Waals surface area contributed by atoms with Gasteiger partial charge < -0.3 is 0 Å². The number of thioether (sulfide) groups is 1. The number of benzene rings is 2. The van der Waals surface area contributed by atoms with Crippen LogP contribution in [0, 0.1) is 0 Å². The van der Waals surface area contributed by atoms with Gasteiger partial charge >= 0.3 is 0 Å². The molecule has 0 saturated carbocycles. The molecule has 0 aliphatic heterocycles. The standard InChI is InChI=1S/C17H18OS/c1-2-19-17(15-11-7-4-8-12-15)13-16(18)14-9-5-3-6-10-14/h3-12,17H,2,13H2,1H3. The Labute approximate surface area is 119 Å². The molecule has 0 aliphatic carbocycles. The molecule has 1 nitrogen and oxygen atoms in total. The van der Waals surface area contributed by atoms with Crippen LogP contribution in [0.4, 0.5) is 0 Å². The summed E-state index contributed by atoms with van der Waals surface area (Å²) in [6, 6.07) is 19.8. The minimum Gasteiger partial charge on any atom is -0.294 e. The van der Waals surface area contributed by atoms with Gasteiger partial charge in [-0.15, -0.1) is 0 Å². The number of rotatable bonds is 6. The van der Waals surface area contributed by atoms with E-state index < -0.39 is 0 Å². The van der Waals surface area contributed by atoms with E-state index in [2.05, 4.69) is 19.1 Å². The van der Waals surface area contributed by atoms with Gasteiger partial charge in [0.15, 0.2) is 5.78 Å². The number of hydrogen-bond donors (Lipinski definition) is 0. The molecule has 0 radical (unpaired) electrons. The maximum atomic E-state index is 12.3. The van der Waals surface area contributed by atoms with Crippen LogP contribution in [0.3, 0.4) is 0 Å². The Morgan fingerprint density at radius 1 is 1.00 bits per heavy atom. The lowest BCUT2D eigenvalue weighted by Gasteiger charge is -2.15. The molecule has 2 rings (SSSR count). The lowest BCUT2D eigenvalue weighted by Crippen LogP contribution is -2.05. The molecule has 0 aromatic heterocycles. The van der Waals surface area contributed by atoms with Crippen molar-refractivity contribution in [3.8, 4) is 0 Å². The van der Waals surface area contributed by atoms with E-state index in [1.54, 1.807) is 0 Å². The smallest absolute Gasteiger partial charge is 0.164 e. The molecule has 0 spiro atoms. The summed E-state index contributed by atoms with van der Waals surface area (Å²) in [4.78, 5) is 12.3. The normalized spacial score (nSPS) is 12.1. The van der Waals surface area contributed by atoms with E-state index in [1.165, 1.54) is 5.56 Å². The fourth-order valence-corrected chi connectivity index (χ4v) is 3.07. The van der Waals surface area contributed by atoms with Crippen molar-refractivity contribution in [2.75, 3.05) is 5.75 Å². The highest BCUT2D eigenvalue weighted by Crippen LogP contribution is 2.32. The zero-order valence-electron chi connectivity index (χ0n) is 11.1. The van der Waals surface area contributed by atoms with E-state index in [-0.39, 0.29) is 11.0 Å². The lowest BCUT2D eigenvalue weighted by atomic mass is 10.0. The van der Waals surface area contributed by atoms with Crippen molar-refractivity contribution in [2.45, 2.75) is 18.6 Å². The van der Waals surface area contributed by atoms with Gasteiger partial charge in [0.2, 0.25) is 0 Å². The van der Waals surface area contributed by atoms with Gasteiger partial charge in [-0.2, -0.15) is 11.8 Å². The molecule has 0 bridgehead atoms. The maximum absolute atomic E-state index is 12.3. The Morgan fingerprint density at radius 3 is 2.16 bits per heavy atom. The molecule has 0 saturated heterocycles. The summed E-state index contributed by atoms with van der Waals surface area (Å²) in [5, 5.41) is 0.249. The van der Waals surface area contributed by atoms with Crippen LogP contribution in [0.5, 0.6) is 0 Å². The second-order valence-electron chi connectivity index (χ2n) is 4.35. The highest BCUT2D eigenvalue weighted by Gasteiger charge is 2.16. The van der Waals surface area contributed by atoms with E-state index in [4.69, 9.17) is 0 Å². The second kappa shape index (κ2) is 7.15. The summed E-state index contributed by atoms with van der Waals surface area (Å²) in [5.41, 5.74) is 2.04. The third-order valence-electron chi connectivity index (χ3n) is 3.01. The molecular weight excluding hydrogens is 252 g/mol. The summed E-state index contributed by atoms with van der Waals surface area (Å²) >= 11 is 1.83. The topological polar surface area (TPSA) is 17.1 Å². The SMILES string of the molecule is CCSC(CC(=O)c1ccccc1)c1ccccc1. The Morgan fingerprint density at radius 2 is 1.58 bits per heavy atom. The molecule has 2 aromatic rings. The number of ketones is 1. The first-order chi connectivity index (χ1) is 9.31. The molecule has 2 heteroatoms. The highest BCUT2D eigenvalue weighted by molar-refractivity contribution is 7.99. The van der Waals surface area contributed by atoms with Crippen molar-refractivity contribution in [1.29, 1.82) is 0 Å². The number of hydrogen-bond acceptors (Lipinski definition) is 2. The van der Waals surface area contributed by atoms with E-state index in [1.807, 2.05) is 60.3 Å². The van der Waals surface area contributed by atoms with Gasteiger partial charge in [0, 0.05) is 17.2 Å². The second-order valence-corrected chi connectivity index (χ2v) is 5.83. The largest absolute Gasteiger partial charge is 0.294 e. The zero-order chi connectivity index (χ0) is 13.5. The first-order valence-corrected chi connectivity index (χ1v) is 7.61. The first kappa shape index (κ1) is 13.9. The molecule has 0 fully saturated rings. The molecular formula is C17H18OS. The molecule has 2 aromatic carbocycles. The molecule has 19 heavy (non-hydrogen) atoms. The van der Waals surface area contributed by atoms with Crippen LogP contribution < -0.4 is 0 Å². The summed E-state index contributed by atoms with van der Waals surface area (Å²) < 4.78 is 0. The zero-order valence-corrected chi connectivity index (χ0v) is 11.9. The Kier molecular flexibility index (Phi) is 5.22. The molecule has 0 heterocycles. The average molecular weight is 270 g/mol.